The van der Waals surface area contributed by atoms with Crippen molar-refractivity contribution in [3.63, 3.8) is 0 Å². The number of nitrogens with zero attached hydrogens (tertiary/aromatic N) is 3. The first-order valence-corrected chi connectivity index (χ1v) is 7.06. The quantitative estimate of drug-likeness (QED) is 0.695. The molecule has 0 saturated heterocycles. The number of aromatic nitrogens is 3. The topological polar surface area (TPSA) is 65.0 Å². The van der Waals surface area contributed by atoms with E-state index >= 15 is 0 Å². The molecule has 0 bridgehead atoms. The zero-order valence-electron chi connectivity index (χ0n) is 11.2. The molecule has 0 atom stereocenters. The Balaban J connectivity index is 1.95. The number of rotatable bonds is 3. The summed E-state index contributed by atoms with van der Waals surface area (Å²) in [7, 11) is 1.37. The number of carbonyl (C=O) groups excluding carboxylic acids is 1. The van der Waals surface area contributed by atoms with Gasteiger partial charge in [-0.25, -0.2) is 9.78 Å². The fourth-order valence-corrected chi connectivity index (χ4v) is 2.66. The molecule has 0 amide bonds. The number of benzene rings is 1. The third-order valence-electron chi connectivity index (χ3n) is 2.86. The maximum absolute atomic E-state index is 11.6. The van der Waals surface area contributed by atoms with Crippen molar-refractivity contribution in [1.82, 2.24) is 15.0 Å². The van der Waals surface area contributed by atoms with Gasteiger partial charge in [0.2, 0.25) is 0 Å². The van der Waals surface area contributed by atoms with Crippen molar-refractivity contribution in [1.29, 1.82) is 0 Å². The van der Waals surface area contributed by atoms with Gasteiger partial charge in [0.15, 0.2) is 0 Å². The molecule has 0 unspecified atom stereocenters. The summed E-state index contributed by atoms with van der Waals surface area (Å²) in [6.45, 7) is 0. The number of esters is 1. The third-order valence-corrected chi connectivity index (χ3v) is 3.75. The molecular weight excluding hydrogens is 286 g/mol. The molecular formula is C15H11N3O2S. The van der Waals surface area contributed by atoms with Crippen LogP contribution in [0.1, 0.15) is 10.4 Å². The fourth-order valence-electron chi connectivity index (χ4n) is 1.85. The molecule has 6 heteroatoms. The normalized spacial score (nSPS) is 10.3. The van der Waals surface area contributed by atoms with Gasteiger partial charge in [-0.15, -0.1) is 11.3 Å². The van der Waals surface area contributed by atoms with Gasteiger partial charge in [0, 0.05) is 23.3 Å². The van der Waals surface area contributed by atoms with Gasteiger partial charge in [-0.3, -0.25) is 9.97 Å². The van der Waals surface area contributed by atoms with Crippen molar-refractivity contribution in [2.75, 3.05) is 7.11 Å². The average molecular weight is 297 g/mol. The Morgan fingerprint density at radius 2 is 2.14 bits per heavy atom. The summed E-state index contributed by atoms with van der Waals surface area (Å²) < 4.78 is 4.73. The molecule has 3 rings (SSSR count). The Hall–Kier alpha value is -2.60. The second-order valence-corrected chi connectivity index (χ2v) is 5.06. The highest BCUT2D eigenvalue weighted by Crippen LogP contribution is 2.28. The number of thiazole rings is 1. The molecule has 0 aliphatic carbocycles. The number of hydrogen-bond donors (Lipinski definition) is 0. The predicted molar refractivity (Wildman–Crippen MR) is 79.9 cm³/mol. The number of carbonyl (C=O) groups is 1. The zero-order valence-corrected chi connectivity index (χ0v) is 12.0. The number of methoxy groups -OCH3 is 1. The van der Waals surface area contributed by atoms with Crippen LogP contribution in [0.2, 0.25) is 0 Å². The zero-order chi connectivity index (χ0) is 14.7. The standard InChI is InChI=1S/C15H11N3O2S/c1-20-15(19)11-4-2-3-10(7-11)14-18-13(9-21-14)12-8-16-5-6-17-12/h2-9H,1H3. The summed E-state index contributed by atoms with van der Waals surface area (Å²) in [5, 5.41) is 2.74. The molecule has 21 heavy (non-hydrogen) atoms. The van der Waals surface area contributed by atoms with E-state index in [1.807, 2.05) is 17.5 Å². The molecule has 0 N–H and O–H groups in total. The van der Waals surface area contributed by atoms with E-state index < -0.39 is 0 Å². The van der Waals surface area contributed by atoms with Gasteiger partial charge in [-0.2, -0.15) is 0 Å². The summed E-state index contributed by atoms with van der Waals surface area (Å²) >= 11 is 1.49. The van der Waals surface area contributed by atoms with Gasteiger partial charge in [0.1, 0.15) is 16.4 Å². The molecule has 0 saturated carbocycles. The predicted octanol–water partition coefficient (Wildman–Crippen LogP) is 3.05. The summed E-state index contributed by atoms with van der Waals surface area (Å²) in [6, 6.07) is 7.20. The minimum absolute atomic E-state index is 0.359. The molecule has 104 valence electrons. The highest BCUT2D eigenvalue weighted by molar-refractivity contribution is 7.13. The lowest BCUT2D eigenvalue weighted by Crippen LogP contribution is -2.00. The van der Waals surface area contributed by atoms with E-state index in [2.05, 4.69) is 15.0 Å². The van der Waals surface area contributed by atoms with Gasteiger partial charge in [-0.05, 0) is 12.1 Å². The lowest BCUT2D eigenvalue weighted by molar-refractivity contribution is 0.0601. The van der Waals surface area contributed by atoms with E-state index in [0.29, 0.717) is 5.56 Å². The molecule has 3 aromatic rings. The second-order valence-electron chi connectivity index (χ2n) is 4.20. The van der Waals surface area contributed by atoms with Gasteiger partial charge in [-0.1, -0.05) is 12.1 Å². The van der Waals surface area contributed by atoms with Gasteiger partial charge in [0.05, 0.1) is 18.9 Å². The highest BCUT2D eigenvalue weighted by Gasteiger charge is 2.10. The van der Waals surface area contributed by atoms with Gasteiger partial charge >= 0.3 is 5.97 Å². The minimum Gasteiger partial charge on any atom is -0.465 e. The third kappa shape index (κ3) is 2.80. The maximum atomic E-state index is 11.6. The monoisotopic (exact) mass is 297 g/mol. The van der Waals surface area contributed by atoms with Crippen molar-refractivity contribution in [2.24, 2.45) is 0 Å². The molecule has 2 aromatic heterocycles. The lowest BCUT2D eigenvalue weighted by atomic mass is 10.1. The molecule has 0 aliphatic heterocycles. The first-order valence-electron chi connectivity index (χ1n) is 6.18. The van der Waals surface area contributed by atoms with E-state index in [4.69, 9.17) is 4.74 Å². The SMILES string of the molecule is COC(=O)c1cccc(-c2nc(-c3cnccn3)cs2)c1. The Labute approximate surface area is 125 Å². The molecule has 2 heterocycles. The summed E-state index contributed by atoms with van der Waals surface area (Å²) in [5.41, 5.74) is 2.87. The van der Waals surface area contributed by atoms with Crippen LogP contribution in [0, 0.1) is 0 Å². The van der Waals surface area contributed by atoms with Crippen LogP contribution in [0.15, 0.2) is 48.2 Å². The molecule has 0 fully saturated rings. The Morgan fingerprint density at radius 3 is 2.90 bits per heavy atom. The first-order chi connectivity index (χ1) is 10.3. The van der Waals surface area contributed by atoms with Crippen LogP contribution < -0.4 is 0 Å². The van der Waals surface area contributed by atoms with Crippen molar-refractivity contribution in [2.45, 2.75) is 0 Å². The molecule has 0 radical (unpaired) electrons. The van der Waals surface area contributed by atoms with Crippen LogP contribution in [-0.2, 0) is 4.74 Å². The summed E-state index contributed by atoms with van der Waals surface area (Å²) in [5.74, 6) is -0.359. The summed E-state index contributed by atoms with van der Waals surface area (Å²) in [6.07, 6.45) is 4.92. The second kappa shape index (κ2) is 5.80. The highest BCUT2D eigenvalue weighted by atomic mass is 32.1. The molecule has 0 aliphatic rings. The molecule has 1 aromatic carbocycles. The Bertz CT molecular complexity index is 771. The molecule has 0 spiro atoms. The van der Waals surface area contributed by atoms with Crippen LogP contribution in [0.5, 0.6) is 0 Å². The minimum atomic E-state index is -0.359. The maximum Gasteiger partial charge on any atom is 0.337 e. The average Bonchev–Trinajstić information content (AvgIpc) is 3.05. The first kappa shape index (κ1) is 13.4. The largest absolute Gasteiger partial charge is 0.465 e. The smallest absolute Gasteiger partial charge is 0.337 e. The number of hydrogen-bond acceptors (Lipinski definition) is 6. The van der Waals surface area contributed by atoms with E-state index in [1.54, 1.807) is 30.7 Å². The van der Waals surface area contributed by atoms with Crippen molar-refractivity contribution < 1.29 is 9.53 Å². The Morgan fingerprint density at radius 1 is 1.24 bits per heavy atom. The van der Waals surface area contributed by atoms with Crippen LogP contribution in [0.25, 0.3) is 22.0 Å². The Kier molecular flexibility index (Phi) is 3.70. The van der Waals surface area contributed by atoms with Gasteiger partial charge < -0.3 is 4.74 Å². The molecule has 5 nitrogen and oxygen atoms in total. The van der Waals surface area contributed by atoms with E-state index in [9.17, 15) is 4.79 Å². The van der Waals surface area contributed by atoms with Crippen LogP contribution in [0.4, 0.5) is 0 Å². The van der Waals surface area contributed by atoms with Crippen LogP contribution in [0.3, 0.4) is 0 Å². The fraction of sp³-hybridized carbons (Fsp3) is 0.0667. The van der Waals surface area contributed by atoms with E-state index in [1.165, 1.54) is 18.4 Å². The van der Waals surface area contributed by atoms with Gasteiger partial charge in [0.25, 0.3) is 0 Å². The van der Waals surface area contributed by atoms with Crippen LogP contribution >= 0.6 is 11.3 Å². The van der Waals surface area contributed by atoms with E-state index in [0.717, 1.165) is 22.0 Å². The van der Waals surface area contributed by atoms with Crippen molar-refractivity contribution in [3.05, 3.63) is 53.8 Å². The van der Waals surface area contributed by atoms with E-state index in [-0.39, 0.29) is 5.97 Å². The van der Waals surface area contributed by atoms with Crippen molar-refractivity contribution in [3.8, 4) is 22.0 Å². The summed E-state index contributed by atoms with van der Waals surface area (Å²) in [4.78, 5) is 24.4. The number of ether oxygens (including phenoxy) is 1. The van der Waals surface area contributed by atoms with Crippen LogP contribution in [-0.4, -0.2) is 28.0 Å². The van der Waals surface area contributed by atoms with Crippen molar-refractivity contribution >= 4 is 17.3 Å². The lowest BCUT2D eigenvalue weighted by Gasteiger charge is -2.01.